The maximum atomic E-state index is 11.9. The number of nitro groups is 1. The molecule has 2 aromatic carbocycles. The van der Waals surface area contributed by atoms with Gasteiger partial charge in [-0.1, -0.05) is 35.9 Å². The van der Waals surface area contributed by atoms with Crippen LogP contribution in [0.3, 0.4) is 0 Å². The number of aliphatic hydroxyl groups excluding tert-OH is 1. The van der Waals surface area contributed by atoms with Crippen LogP contribution < -0.4 is 5.32 Å². The van der Waals surface area contributed by atoms with Crippen LogP contribution in [0.2, 0.25) is 5.02 Å². The van der Waals surface area contributed by atoms with Gasteiger partial charge in [0.05, 0.1) is 17.4 Å². The first-order valence-corrected chi connectivity index (χ1v) is 7.27. The molecule has 0 saturated carbocycles. The molecule has 2 aromatic rings. The molecule has 0 spiro atoms. The summed E-state index contributed by atoms with van der Waals surface area (Å²) in [5.41, 5.74) is 1.19. The highest BCUT2D eigenvalue weighted by molar-refractivity contribution is 6.30. The van der Waals surface area contributed by atoms with E-state index in [4.69, 9.17) is 11.6 Å². The Kier molecular flexibility index (Phi) is 5.67. The first-order chi connectivity index (χ1) is 11.0. The van der Waals surface area contributed by atoms with Gasteiger partial charge in [-0.3, -0.25) is 14.9 Å². The number of rotatable bonds is 6. The number of amides is 1. The van der Waals surface area contributed by atoms with Crippen molar-refractivity contribution in [1.82, 2.24) is 5.32 Å². The second kappa shape index (κ2) is 7.71. The minimum atomic E-state index is -0.933. The number of non-ortho nitro benzene ring substituents is 1. The third kappa shape index (κ3) is 5.05. The molecular weight excluding hydrogens is 320 g/mol. The maximum absolute atomic E-state index is 11.9. The monoisotopic (exact) mass is 334 g/mol. The second-order valence-electron chi connectivity index (χ2n) is 4.98. The Morgan fingerprint density at radius 1 is 1.26 bits per heavy atom. The minimum Gasteiger partial charge on any atom is -0.388 e. The van der Waals surface area contributed by atoms with E-state index in [1.54, 1.807) is 36.4 Å². The highest BCUT2D eigenvalue weighted by atomic mass is 35.5. The van der Waals surface area contributed by atoms with Crippen molar-refractivity contribution in [2.24, 2.45) is 0 Å². The summed E-state index contributed by atoms with van der Waals surface area (Å²) in [7, 11) is 0. The average molecular weight is 335 g/mol. The topological polar surface area (TPSA) is 92.5 Å². The number of carbonyl (C=O) groups is 1. The Hall–Kier alpha value is -2.44. The van der Waals surface area contributed by atoms with Crippen LogP contribution >= 0.6 is 11.6 Å². The van der Waals surface area contributed by atoms with Gasteiger partial charge in [-0.25, -0.2) is 0 Å². The van der Waals surface area contributed by atoms with Gasteiger partial charge in [0.25, 0.3) is 5.69 Å². The molecule has 0 aliphatic heterocycles. The molecule has 1 atom stereocenters. The van der Waals surface area contributed by atoms with Crippen molar-refractivity contribution in [3.63, 3.8) is 0 Å². The van der Waals surface area contributed by atoms with Gasteiger partial charge in [-0.2, -0.15) is 0 Å². The van der Waals surface area contributed by atoms with Crippen LogP contribution in [-0.2, 0) is 11.3 Å². The summed E-state index contributed by atoms with van der Waals surface area (Å²) in [5.74, 6) is -0.348. The van der Waals surface area contributed by atoms with Crippen molar-refractivity contribution < 1.29 is 14.8 Å². The number of nitrogens with one attached hydrogen (secondary N) is 1. The van der Waals surface area contributed by atoms with Crippen molar-refractivity contribution in [2.75, 3.05) is 0 Å². The van der Waals surface area contributed by atoms with E-state index in [0.717, 1.165) is 0 Å². The molecule has 7 heteroatoms. The van der Waals surface area contributed by atoms with E-state index in [-0.39, 0.29) is 24.6 Å². The van der Waals surface area contributed by atoms with Crippen LogP contribution in [0.25, 0.3) is 0 Å². The van der Waals surface area contributed by atoms with Crippen molar-refractivity contribution in [3.05, 3.63) is 74.8 Å². The average Bonchev–Trinajstić information content (AvgIpc) is 2.53. The van der Waals surface area contributed by atoms with Gasteiger partial charge >= 0.3 is 0 Å². The summed E-state index contributed by atoms with van der Waals surface area (Å²) in [6.45, 7) is 0.161. The predicted octanol–water partition coefficient (Wildman–Crippen LogP) is 2.99. The molecule has 0 saturated heterocycles. The quantitative estimate of drug-likeness (QED) is 0.627. The molecule has 0 heterocycles. The summed E-state index contributed by atoms with van der Waals surface area (Å²) in [5, 5.41) is 23.9. The Labute approximate surface area is 137 Å². The largest absolute Gasteiger partial charge is 0.388 e. The van der Waals surface area contributed by atoms with Gasteiger partial charge in [0.2, 0.25) is 5.91 Å². The highest BCUT2D eigenvalue weighted by Gasteiger charge is 2.13. The number of nitro benzene ring substituents is 1. The molecule has 0 aromatic heterocycles. The van der Waals surface area contributed by atoms with Gasteiger partial charge in [0.15, 0.2) is 0 Å². The fourth-order valence-corrected chi connectivity index (χ4v) is 2.16. The van der Waals surface area contributed by atoms with Gasteiger partial charge in [0, 0.05) is 23.7 Å². The van der Waals surface area contributed by atoms with E-state index >= 15 is 0 Å². The molecule has 0 radical (unpaired) electrons. The zero-order chi connectivity index (χ0) is 16.8. The minimum absolute atomic E-state index is 0.0297. The van der Waals surface area contributed by atoms with E-state index in [2.05, 4.69) is 5.32 Å². The van der Waals surface area contributed by atoms with Gasteiger partial charge < -0.3 is 10.4 Å². The molecule has 0 fully saturated rings. The predicted molar refractivity (Wildman–Crippen MR) is 86.0 cm³/mol. The zero-order valence-electron chi connectivity index (χ0n) is 12.1. The first kappa shape index (κ1) is 16.9. The van der Waals surface area contributed by atoms with Crippen LogP contribution in [0.5, 0.6) is 0 Å². The number of hydrogen-bond donors (Lipinski definition) is 2. The molecule has 2 rings (SSSR count). The number of benzene rings is 2. The number of aliphatic hydroxyl groups is 1. The van der Waals surface area contributed by atoms with Crippen molar-refractivity contribution in [3.8, 4) is 0 Å². The van der Waals surface area contributed by atoms with E-state index in [9.17, 15) is 20.0 Å². The van der Waals surface area contributed by atoms with Crippen LogP contribution in [0.1, 0.15) is 23.7 Å². The van der Waals surface area contributed by atoms with Crippen LogP contribution in [0.15, 0.2) is 48.5 Å². The SMILES string of the molecule is O=C(C[C@H](O)c1ccc(Cl)cc1)NCc1cccc([N+](=O)[O-])c1. The lowest BCUT2D eigenvalue weighted by Gasteiger charge is -2.11. The van der Waals surface area contributed by atoms with Gasteiger partial charge in [-0.05, 0) is 23.3 Å². The molecule has 0 aliphatic carbocycles. The van der Waals surface area contributed by atoms with Crippen molar-refractivity contribution >= 4 is 23.2 Å². The number of carbonyl (C=O) groups excluding carboxylic acids is 1. The van der Waals surface area contributed by atoms with Gasteiger partial charge in [-0.15, -0.1) is 0 Å². The number of halogens is 1. The summed E-state index contributed by atoms with van der Waals surface area (Å²) in [6.07, 6.45) is -1.03. The third-order valence-electron chi connectivity index (χ3n) is 3.24. The molecule has 1 amide bonds. The normalized spacial score (nSPS) is 11.7. The maximum Gasteiger partial charge on any atom is 0.269 e. The lowest BCUT2D eigenvalue weighted by molar-refractivity contribution is -0.384. The van der Waals surface area contributed by atoms with E-state index in [1.807, 2.05) is 0 Å². The molecule has 23 heavy (non-hydrogen) atoms. The van der Waals surface area contributed by atoms with Crippen molar-refractivity contribution in [1.29, 1.82) is 0 Å². The molecule has 6 nitrogen and oxygen atoms in total. The summed E-state index contributed by atoms with van der Waals surface area (Å²) in [4.78, 5) is 22.1. The fourth-order valence-electron chi connectivity index (χ4n) is 2.03. The Morgan fingerprint density at radius 3 is 2.61 bits per heavy atom. The summed E-state index contributed by atoms with van der Waals surface area (Å²) in [6, 6.07) is 12.6. The lowest BCUT2D eigenvalue weighted by atomic mass is 10.1. The van der Waals surface area contributed by atoms with Crippen LogP contribution in [0.4, 0.5) is 5.69 Å². The molecular formula is C16H15ClN2O4. The highest BCUT2D eigenvalue weighted by Crippen LogP contribution is 2.19. The Bertz CT molecular complexity index is 703. The van der Waals surface area contributed by atoms with Gasteiger partial charge in [0.1, 0.15) is 0 Å². The fraction of sp³-hybridized carbons (Fsp3) is 0.188. The van der Waals surface area contributed by atoms with E-state index in [0.29, 0.717) is 16.1 Å². The molecule has 2 N–H and O–H groups in total. The summed E-state index contributed by atoms with van der Waals surface area (Å²) < 4.78 is 0. The number of nitrogens with zero attached hydrogens (tertiary/aromatic N) is 1. The summed E-state index contributed by atoms with van der Waals surface area (Å²) >= 11 is 5.77. The van der Waals surface area contributed by atoms with E-state index in [1.165, 1.54) is 12.1 Å². The molecule has 120 valence electrons. The van der Waals surface area contributed by atoms with Crippen LogP contribution in [-0.4, -0.2) is 15.9 Å². The Balaban J connectivity index is 1.88. The lowest BCUT2D eigenvalue weighted by Crippen LogP contribution is -2.24. The molecule has 0 aliphatic rings. The van der Waals surface area contributed by atoms with E-state index < -0.39 is 11.0 Å². The second-order valence-corrected chi connectivity index (χ2v) is 5.41. The Morgan fingerprint density at radius 2 is 1.96 bits per heavy atom. The first-order valence-electron chi connectivity index (χ1n) is 6.89. The molecule has 0 bridgehead atoms. The zero-order valence-corrected chi connectivity index (χ0v) is 12.9. The smallest absolute Gasteiger partial charge is 0.269 e. The van der Waals surface area contributed by atoms with Crippen molar-refractivity contribution in [2.45, 2.75) is 19.1 Å². The number of hydrogen-bond acceptors (Lipinski definition) is 4. The molecule has 0 unspecified atom stereocenters. The third-order valence-corrected chi connectivity index (χ3v) is 3.50. The van der Waals surface area contributed by atoms with Crippen LogP contribution in [0, 0.1) is 10.1 Å². The standard InChI is InChI=1S/C16H15ClN2O4/c17-13-6-4-12(5-7-13)15(20)9-16(21)18-10-11-2-1-3-14(8-11)19(22)23/h1-8,15,20H,9-10H2,(H,18,21)/t15-/m0/s1.